The zero-order chi connectivity index (χ0) is 14.8. The lowest BCUT2D eigenvalue weighted by atomic mass is 9.84. The van der Waals surface area contributed by atoms with Gasteiger partial charge in [0.15, 0.2) is 0 Å². The number of carbonyl (C=O) groups is 1. The Hall–Kier alpha value is -1.55. The molecular weight excluding hydrogens is 264 g/mol. The van der Waals surface area contributed by atoms with Gasteiger partial charge in [-0.25, -0.2) is 0 Å². The van der Waals surface area contributed by atoms with E-state index < -0.39 is 0 Å². The minimum absolute atomic E-state index is 0.0128. The number of nitrogens with one attached hydrogen (secondary N) is 1. The third kappa shape index (κ3) is 2.91. The van der Waals surface area contributed by atoms with Crippen molar-refractivity contribution < 1.29 is 9.53 Å². The van der Waals surface area contributed by atoms with Gasteiger partial charge in [0.05, 0.1) is 12.5 Å². The molecule has 0 aliphatic heterocycles. The predicted octanol–water partition coefficient (Wildman–Crippen LogP) is 2.07. The first-order valence-corrected chi connectivity index (χ1v) is 7.94. The van der Waals surface area contributed by atoms with Gasteiger partial charge in [-0.1, -0.05) is 12.1 Å². The van der Waals surface area contributed by atoms with Crippen LogP contribution in [-0.2, 0) is 11.3 Å². The molecule has 0 saturated heterocycles. The van der Waals surface area contributed by atoms with E-state index in [9.17, 15) is 4.79 Å². The van der Waals surface area contributed by atoms with Crippen molar-refractivity contribution in [2.75, 3.05) is 6.61 Å². The highest BCUT2D eigenvalue weighted by Gasteiger charge is 2.48. The minimum Gasteiger partial charge on any atom is -0.494 e. The number of fused-ring (bicyclic) bond motifs is 2. The van der Waals surface area contributed by atoms with Crippen molar-refractivity contribution in [3.05, 3.63) is 29.8 Å². The van der Waals surface area contributed by atoms with Crippen LogP contribution >= 0.6 is 0 Å². The van der Waals surface area contributed by atoms with Gasteiger partial charge in [0.25, 0.3) is 0 Å². The highest BCUT2D eigenvalue weighted by atomic mass is 16.5. The lowest BCUT2D eigenvalue weighted by molar-refractivity contribution is -0.127. The maximum atomic E-state index is 12.4. The summed E-state index contributed by atoms with van der Waals surface area (Å²) >= 11 is 0. The van der Waals surface area contributed by atoms with Gasteiger partial charge < -0.3 is 15.8 Å². The summed E-state index contributed by atoms with van der Waals surface area (Å²) in [6, 6.07) is 7.92. The summed E-state index contributed by atoms with van der Waals surface area (Å²) in [4.78, 5) is 12.4. The largest absolute Gasteiger partial charge is 0.494 e. The fourth-order valence-electron chi connectivity index (χ4n) is 3.94. The molecule has 4 atom stereocenters. The number of carbonyl (C=O) groups excluding carboxylic acids is 1. The van der Waals surface area contributed by atoms with E-state index in [1.165, 1.54) is 6.42 Å². The molecule has 1 aromatic carbocycles. The normalized spacial score (nSPS) is 30.4. The molecule has 2 aliphatic rings. The van der Waals surface area contributed by atoms with E-state index in [0.29, 0.717) is 25.0 Å². The van der Waals surface area contributed by atoms with Crippen LogP contribution in [0.4, 0.5) is 0 Å². The van der Waals surface area contributed by atoms with Crippen LogP contribution in [0.2, 0.25) is 0 Å². The molecular formula is C17H24N2O2. The molecule has 0 aromatic heterocycles. The zero-order valence-corrected chi connectivity index (χ0v) is 12.5. The van der Waals surface area contributed by atoms with Crippen molar-refractivity contribution >= 4 is 5.91 Å². The van der Waals surface area contributed by atoms with Gasteiger partial charge in [-0.05, 0) is 55.7 Å². The molecule has 2 fully saturated rings. The molecule has 21 heavy (non-hydrogen) atoms. The Morgan fingerprint density at radius 1 is 1.38 bits per heavy atom. The fraction of sp³-hybridized carbons (Fsp3) is 0.588. The maximum absolute atomic E-state index is 12.4. The third-order valence-corrected chi connectivity index (χ3v) is 4.96. The van der Waals surface area contributed by atoms with Crippen molar-refractivity contribution in [2.45, 2.75) is 38.8 Å². The van der Waals surface area contributed by atoms with Crippen molar-refractivity contribution in [1.29, 1.82) is 0 Å². The molecule has 3 rings (SSSR count). The van der Waals surface area contributed by atoms with Gasteiger partial charge in [-0.15, -0.1) is 0 Å². The highest BCUT2D eigenvalue weighted by molar-refractivity contribution is 5.80. The van der Waals surface area contributed by atoms with E-state index in [-0.39, 0.29) is 17.9 Å². The molecule has 4 nitrogen and oxygen atoms in total. The van der Waals surface area contributed by atoms with Gasteiger partial charge in [0, 0.05) is 12.6 Å². The molecule has 1 amide bonds. The second kappa shape index (κ2) is 6.06. The number of ether oxygens (including phenoxy) is 1. The summed E-state index contributed by atoms with van der Waals surface area (Å²) in [5.74, 6) is 2.04. The summed E-state index contributed by atoms with van der Waals surface area (Å²) in [5, 5.41) is 3.05. The van der Waals surface area contributed by atoms with E-state index in [0.717, 1.165) is 24.2 Å². The number of nitrogens with two attached hydrogens (primary N) is 1. The van der Waals surface area contributed by atoms with Crippen molar-refractivity contribution in [2.24, 2.45) is 23.5 Å². The van der Waals surface area contributed by atoms with E-state index in [1.807, 2.05) is 31.2 Å². The Kier molecular flexibility index (Phi) is 4.15. The molecule has 0 radical (unpaired) electrons. The fourth-order valence-corrected chi connectivity index (χ4v) is 3.94. The zero-order valence-electron chi connectivity index (χ0n) is 12.5. The van der Waals surface area contributed by atoms with Crippen LogP contribution < -0.4 is 15.8 Å². The monoisotopic (exact) mass is 288 g/mol. The van der Waals surface area contributed by atoms with Crippen LogP contribution in [0.25, 0.3) is 0 Å². The predicted molar refractivity (Wildman–Crippen MR) is 81.8 cm³/mol. The van der Waals surface area contributed by atoms with Crippen LogP contribution in [0.3, 0.4) is 0 Å². The summed E-state index contributed by atoms with van der Waals surface area (Å²) in [6.07, 6.45) is 3.50. The summed E-state index contributed by atoms with van der Waals surface area (Å²) in [5.41, 5.74) is 7.28. The quantitative estimate of drug-likeness (QED) is 0.872. The topological polar surface area (TPSA) is 64.3 Å². The maximum Gasteiger partial charge on any atom is 0.225 e. The Labute approximate surface area is 126 Å². The first-order chi connectivity index (χ1) is 10.2. The number of hydrogen-bond donors (Lipinski definition) is 2. The second-order valence-corrected chi connectivity index (χ2v) is 6.23. The van der Waals surface area contributed by atoms with E-state index in [2.05, 4.69) is 5.32 Å². The van der Waals surface area contributed by atoms with Gasteiger partial charge in [-0.3, -0.25) is 4.79 Å². The first kappa shape index (κ1) is 14.4. The van der Waals surface area contributed by atoms with Crippen molar-refractivity contribution in [3.8, 4) is 5.75 Å². The minimum atomic E-state index is 0.0128. The van der Waals surface area contributed by atoms with Gasteiger partial charge in [0.2, 0.25) is 5.91 Å². The molecule has 2 bridgehead atoms. The molecule has 4 heteroatoms. The van der Waals surface area contributed by atoms with Crippen LogP contribution in [0, 0.1) is 17.8 Å². The Balaban J connectivity index is 1.57. The summed E-state index contributed by atoms with van der Waals surface area (Å²) in [7, 11) is 0. The molecule has 2 saturated carbocycles. The van der Waals surface area contributed by atoms with Crippen molar-refractivity contribution in [1.82, 2.24) is 5.32 Å². The molecule has 0 spiro atoms. The van der Waals surface area contributed by atoms with E-state index in [4.69, 9.17) is 10.5 Å². The molecule has 0 heterocycles. The molecule has 114 valence electrons. The van der Waals surface area contributed by atoms with Gasteiger partial charge in [0.1, 0.15) is 5.75 Å². The second-order valence-electron chi connectivity index (χ2n) is 6.23. The molecule has 3 N–H and O–H groups in total. The average molecular weight is 288 g/mol. The number of benzene rings is 1. The lowest BCUT2D eigenvalue weighted by Gasteiger charge is -2.27. The Morgan fingerprint density at radius 2 is 2.19 bits per heavy atom. The molecule has 1 aromatic rings. The van der Waals surface area contributed by atoms with Crippen LogP contribution in [-0.4, -0.2) is 18.6 Å². The van der Waals surface area contributed by atoms with Crippen LogP contribution in [0.1, 0.15) is 31.7 Å². The van der Waals surface area contributed by atoms with Gasteiger partial charge >= 0.3 is 0 Å². The van der Waals surface area contributed by atoms with Gasteiger partial charge in [-0.2, -0.15) is 0 Å². The van der Waals surface area contributed by atoms with E-state index in [1.54, 1.807) is 0 Å². The lowest BCUT2D eigenvalue weighted by Crippen LogP contribution is -2.45. The Morgan fingerprint density at radius 3 is 2.90 bits per heavy atom. The van der Waals surface area contributed by atoms with Crippen LogP contribution in [0.5, 0.6) is 5.75 Å². The van der Waals surface area contributed by atoms with E-state index >= 15 is 0 Å². The SMILES string of the molecule is CCOc1cccc(CNC(=O)C2C3CCC(C3)C2N)c1. The third-order valence-electron chi connectivity index (χ3n) is 4.96. The summed E-state index contributed by atoms with van der Waals surface area (Å²) in [6.45, 7) is 3.15. The first-order valence-electron chi connectivity index (χ1n) is 7.94. The number of amides is 1. The molecule has 2 aliphatic carbocycles. The Bertz CT molecular complexity index is 515. The van der Waals surface area contributed by atoms with Crippen LogP contribution in [0.15, 0.2) is 24.3 Å². The smallest absolute Gasteiger partial charge is 0.225 e. The number of hydrogen-bond acceptors (Lipinski definition) is 3. The average Bonchev–Trinajstić information content (AvgIpc) is 3.06. The van der Waals surface area contributed by atoms with Crippen molar-refractivity contribution in [3.63, 3.8) is 0 Å². The summed E-state index contributed by atoms with van der Waals surface area (Å²) < 4.78 is 5.48. The number of rotatable bonds is 5. The molecule has 4 unspecified atom stereocenters. The standard InChI is InChI=1S/C17H24N2O2/c1-2-21-14-5-3-4-11(8-14)10-19-17(20)15-12-6-7-13(9-12)16(15)18/h3-5,8,12-13,15-16H,2,6-7,9-10,18H2,1H3,(H,19,20). The highest BCUT2D eigenvalue weighted by Crippen LogP contribution is 2.47.